The summed E-state index contributed by atoms with van der Waals surface area (Å²) in [6.45, 7) is 6.35. The molecule has 126 valence electrons. The first-order chi connectivity index (χ1) is 10.5. The van der Waals surface area contributed by atoms with E-state index in [1.807, 2.05) is 0 Å². The lowest BCUT2D eigenvalue weighted by molar-refractivity contribution is 0.187. The van der Waals surface area contributed by atoms with E-state index in [-0.39, 0.29) is 10.1 Å². The van der Waals surface area contributed by atoms with Crippen molar-refractivity contribution in [2.75, 3.05) is 39.9 Å². The van der Waals surface area contributed by atoms with Crippen molar-refractivity contribution in [2.45, 2.75) is 27.7 Å². The largest absolute Gasteiger partial charge is 0.385 e. The molecule has 22 heavy (non-hydrogen) atoms. The molecule has 9 heteroatoms. The van der Waals surface area contributed by atoms with Gasteiger partial charge in [0.2, 0.25) is 10.0 Å². The number of fused-ring (bicyclic) bond motifs is 1. The van der Waals surface area contributed by atoms with Crippen molar-refractivity contribution in [3.05, 3.63) is 11.6 Å². The fourth-order valence-electron chi connectivity index (χ4n) is 2.38. The molecule has 1 atom stereocenters. The van der Waals surface area contributed by atoms with Crippen LogP contribution in [0.2, 0.25) is 0 Å². The minimum atomic E-state index is -3.63. The fourth-order valence-corrected chi connectivity index (χ4v) is 6.03. The van der Waals surface area contributed by atoms with Crippen molar-refractivity contribution in [1.82, 2.24) is 9.62 Å². The van der Waals surface area contributed by atoms with Gasteiger partial charge in [-0.15, -0.1) is 11.3 Å². The lowest BCUT2D eigenvalue weighted by Crippen LogP contribution is -2.33. The lowest BCUT2D eigenvalue weighted by atomic mass is 10.0. The number of hydrogen-bond donors (Lipinski definition) is 2. The van der Waals surface area contributed by atoms with Crippen LogP contribution in [0.25, 0.3) is 0 Å². The maximum absolute atomic E-state index is 11.6. The van der Waals surface area contributed by atoms with Crippen LogP contribution >= 0.6 is 23.3 Å². The van der Waals surface area contributed by atoms with E-state index >= 15 is 0 Å². The Morgan fingerprint density at radius 1 is 1.55 bits per heavy atom. The van der Waals surface area contributed by atoms with Crippen molar-refractivity contribution >= 4 is 33.3 Å². The first-order valence-corrected chi connectivity index (χ1v) is 10.4. The number of methoxy groups -OCH3 is 1. The van der Waals surface area contributed by atoms with Gasteiger partial charge < -0.3 is 10.1 Å². The van der Waals surface area contributed by atoms with Gasteiger partial charge in [0.15, 0.2) is 0 Å². The van der Waals surface area contributed by atoms with Crippen molar-refractivity contribution in [2.24, 2.45) is 5.14 Å². The molecule has 0 fully saturated rings. The molecule has 2 heterocycles. The number of hydrogen-bond acceptors (Lipinski definition) is 7. The van der Waals surface area contributed by atoms with Crippen molar-refractivity contribution in [1.29, 1.82) is 0 Å². The van der Waals surface area contributed by atoms with Crippen molar-refractivity contribution in [3.8, 4) is 0 Å². The smallest absolute Gasteiger partial charge is 0.247 e. The predicted molar refractivity (Wildman–Crippen MR) is 90.9 cm³/mol. The predicted octanol–water partition coefficient (Wildman–Crippen LogP) is 1.45. The zero-order valence-electron chi connectivity index (χ0n) is 12.9. The minimum absolute atomic E-state index is 0.255. The molecule has 3 N–H and O–H groups in total. The van der Waals surface area contributed by atoms with Gasteiger partial charge in [0.25, 0.3) is 0 Å². The maximum atomic E-state index is 11.6. The summed E-state index contributed by atoms with van der Waals surface area (Å²) in [5.41, 5.74) is 1.10. The molecule has 0 aromatic carbocycles. The van der Waals surface area contributed by atoms with E-state index in [2.05, 4.69) is 16.5 Å². The van der Waals surface area contributed by atoms with E-state index in [9.17, 15) is 8.42 Å². The summed E-state index contributed by atoms with van der Waals surface area (Å²) in [5.74, 6) is 0.283. The number of thiophene rings is 1. The lowest BCUT2D eigenvalue weighted by Gasteiger charge is -2.31. The number of ether oxygens (including phenoxy) is 1. The second kappa shape index (κ2) is 8.09. The molecule has 0 saturated heterocycles. The highest BCUT2D eigenvalue weighted by Gasteiger charge is 2.30. The van der Waals surface area contributed by atoms with Crippen molar-refractivity contribution in [3.63, 3.8) is 0 Å². The normalized spacial score (nSPS) is 19.3. The second-order valence-corrected chi connectivity index (χ2v) is 9.39. The molecule has 1 aliphatic heterocycles. The van der Waals surface area contributed by atoms with E-state index in [1.54, 1.807) is 25.1 Å². The van der Waals surface area contributed by atoms with Crippen LogP contribution in [0.5, 0.6) is 0 Å². The molecule has 0 aliphatic carbocycles. The van der Waals surface area contributed by atoms with Crippen LogP contribution in [0, 0.1) is 0 Å². The first-order valence-electron chi connectivity index (χ1n) is 7.24. The van der Waals surface area contributed by atoms with Gasteiger partial charge in [-0.1, -0.05) is 6.92 Å². The number of nitrogens with two attached hydrogens (primary N) is 1. The van der Waals surface area contributed by atoms with Crippen LogP contribution in [-0.2, 0) is 14.8 Å². The molecule has 0 saturated carbocycles. The highest BCUT2D eigenvalue weighted by atomic mass is 32.3. The molecule has 0 radical (unpaired) electrons. The summed E-state index contributed by atoms with van der Waals surface area (Å²) >= 11 is 2.90. The molecule has 1 unspecified atom stereocenters. The van der Waals surface area contributed by atoms with Gasteiger partial charge in [0, 0.05) is 39.3 Å². The van der Waals surface area contributed by atoms with Crippen LogP contribution in [0.3, 0.4) is 0 Å². The summed E-state index contributed by atoms with van der Waals surface area (Å²) in [5, 5.41) is 8.63. The number of sulfonamides is 1. The zero-order chi connectivity index (χ0) is 16.2. The third kappa shape index (κ3) is 4.67. The Kier molecular flexibility index (Phi) is 6.69. The molecule has 1 aliphatic rings. The Hall–Kier alpha value is -0.160. The number of primary sulfonamides is 1. The Morgan fingerprint density at radius 2 is 2.32 bits per heavy atom. The quantitative estimate of drug-likeness (QED) is 0.536. The maximum Gasteiger partial charge on any atom is 0.247 e. The van der Waals surface area contributed by atoms with Gasteiger partial charge in [0.1, 0.15) is 4.21 Å². The summed E-state index contributed by atoms with van der Waals surface area (Å²) in [6.07, 6.45) is 0.959. The number of nitrogens with zero attached hydrogens (tertiary/aromatic N) is 1. The SMILES string of the molecule is CCNCC1CN(CCCOC)Sc2sc(S(N)(=O)=O)cc21. The average Bonchev–Trinajstić information content (AvgIpc) is 2.89. The molecule has 1 aromatic heterocycles. The van der Waals surface area contributed by atoms with Crippen LogP contribution in [0.1, 0.15) is 24.8 Å². The monoisotopic (exact) mass is 365 g/mol. The highest BCUT2D eigenvalue weighted by molar-refractivity contribution is 7.99. The van der Waals surface area contributed by atoms with E-state index in [0.717, 1.165) is 49.0 Å². The molecule has 1 aromatic rings. The molecule has 0 spiro atoms. The first kappa shape index (κ1) is 18.2. The van der Waals surface area contributed by atoms with E-state index in [4.69, 9.17) is 9.88 Å². The summed E-state index contributed by atoms with van der Waals surface area (Å²) in [6, 6.07) is 1.75. The number of rotatable bonds is 8. The molecule has 2 rings (SSSR count). The van der Waals surface area contributed by atoms with Gasteiger partial charge >= 0.3 is 0 Å². The van der Waals surface area contributed by atoms with Crippen molar-refractivity contribution < 1.29 is 13.2 Å². The summed E-state index contributed by atoms with van der Waals surface area (Å²) in [7, 11) is -1.93. The fraction of sp³-hybridized carbons (Fsp3) is 0.692. The number of likely N-dealkylation sites (N-methyl/N-ethyl adjacent to an activating group) is 1. The summed E-state index contributed by atoms with van der Waals surface area (Å²) < 4.78 is 31.9. The Morgan fingerprint density at radius 3 is 2.95 bits per heavy atom. The van der Waals surface area contributed by atoms with Gasteiger partial charge in [0.05, 0.1) is 4.21 Å². The highest BCUT2D eigenvalue weighted by Crippen LogP contribution is 2.44. The van der Waals surface area contributed by atoms with Crippen LogP contribution < -0.4 is 10.5 Å². The Bertz CT molecular complexity index is 589. The standard InChI is InChI=1S/C13H23N3O3S3/c1-3-15-8-10-9-16(5-4-6-19-2)21-13-11(10)7-12(20-13)22(14,17)18/h7,10,15H,3-6,8-9H2,1-2H3,(H2,14,17,18). The molecule has 0 bridgehead atoms. The Labute approximate surface area is 140 Å². The van der Waals surface area contributed by atoms with Gasteiger partial charge in [-0.25, -0.2) is 17.9 Å². The minimum Gasteiger partial charge on any atom is -0.385 e. The average molecular weight is 366 g/mol. The van der Waals surface area contributed by atoms with Gasteiger partial charge in [-0.2, -0.15) is 0 Å². The molecular weight excluding hydrogens is 342 g/mol. The molecule has 6 nitrogen and oxygen atoms in total. The van der Waals surface area contributed by atoms with E-state index < -0.39 is 10.0 Å². The molecular formula is C13H23N3O3S3. The Balaban J connectivity index is 2.18. The van der Waals surface area contributed by atoms with E-state index in [0.29, 0.717) is 0 Å². The van der Waals surface area contributed by atoms with E-state index in [1.165, 1.54) is 11.3 Å². The van der Waals surface area contributed by atoms with Crippen LogP contribution in [0.15, 0.2) is 14.5 Å². The van der Waals surface area contributed by atoms with Crippen LogP contribution in [0.4, 0.5) is 0 Å². The topological polar surface area (TPSA) is 84.7 Å². The van der Waals surface area contributed by atoms with Gasteiger partial charge in [-0.3, -0.25) is 0 Å². The zero-order valence-corrected chi connectivity index (χ0v) is 15.3. The molecule has 0 amide bonds. The second-order valence-electron chi connectivity index (χ2n) is 5.18. The third-order valence-electron chi connectivity index (χ3n) is 3.46. The summed E-state index contributed by atoms with van der Waals surface area (Å²) in [4.78, 5) is 0. The van der Waals surface area contributed by atoms with Gasteiger partial charge in [-0.05, 0) is 36.5 Å². The van der Waals surface area contributed by atoms with Crippen LogP contribution in [-0.4, -0.2) is 52.6 Å². The third-order valence-corrected chi connectivity index (χ3v) is 7.29. The number of nitrogens with one attached hydrogen (secondary N) is 1.